The lowest BCUT2D eigenvalue weighted by Crippen LogP contribution is -2.40. The molecule has 0 saturated carbocycles. The maximum atomic E-state index is 5.82. The van der Waals surface area contributed by atoms with E-state index in [0.29, 0.717) is 6.61 Å². The van der Waals surface area contributed by atoms with Crippen LogP contribution in [-0.4, -0.2) is 12.0 Å². The van der Waals surface area contributed by atoms with E-state index < -0.39 is 0 Å². The quantitative estimate of drug-likeness (QED) is 0.779. The first kappa shape index (κ1) is 10.8. The molecular weight excluding hydrogens is 208 g/mol. The van der Waals surface area contributed by atoms with Gasteiger partial charge in [-0.05, 0) is 6.07 Å². The number of hydrogen-bond donors (Lipinski definition) is 1. The molecular formula is C12H16O2S. The number of fused-ring (bicyclic) bond motifs is 1. The SMILES string of the molecule is CC(C)(CS)C1OCc2ccccc2O1. The highest BCUT2D eigenvalue weighted by Crippen LogP contribution is 2.33. The molecule has 0 N–H and O–H groups in total. The van der Waals surface area contributed by atoms with Gasteiger partial charge in [-0.3, -0.25) is 0 Å². The molecule has 1 aromatic carbocycles. The molecule has 2 nitrogen and oxygen atoms in total. The zero-order valence-electron chi connectivity index (χ0n) is 9.06. The van der Waals surface area contributed by atoms with Crippen molar-refractivity contribution in [1.82, 2.24) is 0 Å². The van der Waals surface area contributed by atoms with Crippen LogP contribution < -0.4 is 4.74 Å². The Kier molecular flexibility index (Phi) is 2.94. The maximum Gasteiger partial charge on any atom is 0.206 e. The van der Waals surface area contributed by atoms with Crippen LogP contribution in [0.3, 0.4) is 0 Å². The second kappa shape index (κ2) is 4.06. The Morgan fingerprint density at radius 2 is 2.13 bits per heavy atom. The monoisotopic (exact) mass is 224 g/mol. The van der Waals surface area contributed by atoms with Gasteiger partial charge in [0.05, 0.1) is 6.61 Å². The molecule has 82 valence electrons. The van der Waals surface area contributed by atoms with Gasteiger partial charge in [0.15, 0.2) is 0 Å². The van der Waals surface area contributed by atoms with Crippen molar-refractivity contribution >= 4 is 12.6 Å². The van der Waals surface area contributed by atoms with Crippen LogP contribution in [0.5, 0.6) is 5.75 Å². The van der Waals surface area contributed by atoms with Gasteiger partial charge in [-0.15, -0.1) is 0 Å². The molecule has 2 rings (SSSR count). The fraction of sp³-hybridized carbons (Fsp3) is 0.500. The summed E-state index contributed by atoms with van der Waals surface area (Å²) in [4.78, 5) is 0. The molecule has 1 aliphatic rings. The minimum absolute atomic E-state index is 0.0728. The molecule has 1 atom stereocenters. The summed E-state index contributed by atoms with van der Waals surface area (Å²) >= 11 is 4.32. The Labute approximate surface area is 96.0 Å². The third-order valence-corrected chi connectivity index (χ3v) is 3.46. The van der Waals surface area contributed by atoms with Crippen molar-refractivity contribution in [2.75, 3.05) is 5.75 Å². The predicted octanol–water partition coefficient (Wildman–Crippen LogP) is 2.88. The van der Waals surface area contributed by atoms with Crippen molar-refractivity contribution in [1.29, 1.82) is 0 Å². The van der Waals surface area contributed by atoms with Crippen LogP contribution in [0.2, 0.25) is 0 Å². The van der Waals surface area contributed by atoms with Gasteiger partial charge in [-0.1, -0.05) is 32.0 Å². The van der Waals surface area contributed by atoms with E-state index in [1.807, 2.05) is 24.3 Å². The van der Waals surface area contributed by atoms with Crippen molar-refractivity contribution in [3.63, 3.8) is 0 Å². The molecule has 1 unspecified atom stereocenters. The summed E-state index contributed by atoms with van der Waals surface area (Å²) in [5.41, 5.74) is 1.04. The highest BCUT2D eigenvalue weighted by Gasteiger charge is 2.34. The second-order valence-corrected chi connectivity index (χ2v) is 4.83. The van der Waals surface area contributed by atoms with Crippen LogP contribution in [-0.2, 0) is 11.3 Å². The number of ether oxygens (including phenoxy) is 2. The predicted molar refractivity (Wildman–Crippen MR) is 63.3 cm³/mol. The van der Waals surface area contributed by atoms with Gasteiger partial charge in [0.2, 0.25) is 6.29 Å². The number of para-hydroxylation sites is 1. The van der Waals surface area contributed by atoms with Gasteiger partial charge in [-0.25, -0.2) is 0 Å². The largest absolute Gasteiger partial charge is 0.464 e. The van der Waals surface area contributed by atoms with Gasteiger partial charge in [0, 0.05) is 16.7 Å². The van der Waals surface area contributed by atoms with Gasteiger partial charge in [-0.2, -0.15) is 12.6 Å². The Hall–Kier alpha value is -0.670. The first-order chi connectivity index (χ1) is 7.13. The van der Waals surface area contributed by atoms with Gasteiger partial charge in [0.1, 0.15) is 5.75 Å². The number of thiol groups is 1. The van der Waals surface area contributed by atoms with Gasteiger partial charge >= 0.3 is 0 Å². The molecule has 1 heterocycles. The number of rotatable bonds is 2. The fourth-order valence-electron chi connectivity index (χ4n) is 1.51. The summed E-state index contributed by atoms with van der Waals surface area (Å²) in [5, 5.41) is 0. The molecule has 0 bridgehead atoms. The second-order valence-electron chi connectivity index (χ2n) is 4.52. The average molecular weight is 224 g/mol. The van der Waals surface area contributed by atoms with Gasteiger partial charge < -0.3 is 9.47 Å². The minimum Gasteiger partial charge on any atom is -0.464 e. The summed E-state index contributed by atoms with van der Waals surface area (Å²) in [7, 11) is 0. The number of benzene rings is 1. The van der Waals surface area contributed by atoms with E-state index in [9.17, 15) is 0 Å². The third-order valence-electron chi connectivity index (χ3n) is 2.64. The molecule has 3 heteroatoms. The summed E-state index contributed by atoms with van der Waals surface area (Å²) in [6.45, 7) is 4.81. The van der Waals surface area contributed by atoms with Crippen molar-refractivity contribution in [2.45, 2.75) is 26.7 Å². The molecule has 0 spiro atoms. The molecule has 1 aromatic rings. The van der Waals surface area contributed by atoms with E-state index in [1.54, 1.807) is 0 Å². The fourth-order valence-corrected chi connectivity index (χ4v) is 1.66. The molecule has 0 saturated heterocycles. The van der Waals surface area contributed by atoms with E-state index in [2.05, 4.69) is 26.5 Å². The standard InChI is InChI=1S/C12H16O2S/c1-12(2,8-15)11-13-7-9-5-3-4-6-10(9)14-11/h3-6,11,15H,7-8H2,1-2H3. The zero-order valence-corrected chi connectivity index (χ0v) is 9.96. The summed E-state index contributed by atoms with van der Waals surface area (Å²) in [6.07, 6.45) is -0.204. The van der Waals surface area contributed by atoms with E-state index in [1.165, 1.54) is 0 Å². The van der Waals surface area contributed by atoms with E-state index >= 15 is 0 Å². The molecule has 1 aliphatic heterocycles. The lowest BCUT2D eigenvalue weighted by atomic mass is 9.95. The maximum absolute atomic E-state index is 5.82. The Bertz CT molecular complexity index is 349. The molecule has 0 amide bonds. The van der Waals surface area contributed by atoms with E-state index in [4.69, 9.17) is 9.47 Å². The smallest absolute Gasteiger partial charge is 0.206 e. The van der Waals surface area contributed by atoms with Gasteiger partial charge in [0.25, 0.3) is 0 Å². The van der Waals surface area contributed by atoms with Crippen LogP contribution in [0.1, 0.15) is 19.4 Å². The zero-order chi connectivity index (χ0) is 10.9. The first-order valence-corrected chi connectivity index (χ1v) is 5.74. The minimum atomic E-state index is -0.204. The van der Waals surface area contributed by atoms with Crippen molar-refractivity contribution < 1.29 is 9.47 Å². The normalized spacial score (nSPS) is 20.6. The lowest BCUT2D eigenvalue weighted by Gasteiger charge is -2.36. The first-order valence-electron chi connectivity index (χ1n) is 5.10. The summed E-state index contributed by atoms with van der Waals surface area (Å²) in [6, 6.07) is 7.99. The molecule has 0 aliphatic carbocycles. The lowest BCUT2D eigenvalue weighted by molar-refractivity contribution is -0.161. The molecule has 15 heavy (non-hydrogen) atoms. The topological polar surface area (TPSA) is 18.5 Å². The van der Waals surface area contributed by atoms with Crippen LogP contribution in [0, 0.1) is 5.41 Å². The van der Waals surface area contributed by atoms with Crippen molar-refractivity contribution in [3.8, 4) is 5.75 Å². The Morgan fingerprint density at radius 1 is 1.40 bits per heavy atom. The van der Waals surface area contributed by atoms with E-state index in [0.717, 1.165) is 17.1 Å². The van der Waals surface area contributed by atoms with E-state index in [-0.39, 0.29) is 11.7 Å². The highest BCUT2D eigenvalue weighted by atomic mass is 32.1. The van der Waals surface area contributed by atoms with Crippen molar-refractivity contribution in [3.05, 3.63) is 29.8 Å². The van der Waals surface area contributed by atoms with Crippen LogP contribution in [0.15, 0.2) is 24.3 Å². The Balaban J connectivity index is 2.19. The Morgan fingerprint density at radius 3 is 2.87 bits per heavy atom. The summed E-state index contributed by atoms with van der Waals surface area (Å²) < 4.78 is 11.5. The van der Waals surface area contributed by atoms with Crippen LogP contribution in [0.4, 0.5) is 0 Å². The average Bonchev–Trinajstić information content (AvgIpc) is 2.28. The third kappa shape index (κ3) is 2.13. The highest BCUT2D eigenvalue weighted by molar-refractivity contribution is 7.80. The molecule has 0 fully saturated rings. The van der Waals surface area contributed by atoms with Crippen LogP contribution >= 0.6 is 12.6 Å². The van der Waals surface area contributed by atoms with Crippen LogP contribution in [0.25, 0.3) is 0 Å². The molecule has 0 radical (unpaired) electrons. The number of hydrogen-bond acceptors (Lipinski definition) is 3. The molecule has 0 aromatic heterocycles. The van der Waals surface area contributed by atoms with Crippen molar-refractivity contribution in [2.24, 2.45) is 5.41 Å². The summed E-state index contributed by atoms with van der Waals surface area (Å²) in [5.74, 6) is 1.67.